The fourth-order valence-corrected chi connectivity index (χ4v) is 5.40. The summed E-state index contributed by atoms with van der Waals surface area (Å²) in [7, 11) is 3.35. The van der Waals surface area contributed by atoms with E-state index in [0.717, 1.165) is 5.56 Å². The molecule has 1 heterocycles. The van der Waals surface area contributed by atoms with E-state index in [1.807, 2.05) is 44.2 Å². The molecule has 2 atom stereocenters. The number of likely N-dealkylation sites (tertiary alicyclic amines) is 1. The number of hydrogen-bond donors (Lipinski definition) is 2. The zero-order chi connectivity index (χ0) is 33.7. The maximum Gasteiger partial charge on any atom is 0.242 e. The van der Waals surface area contributed by atoms with Crippen molar-refractivity contribution < 1.29 is 28.8 Å². The number of amides is 5. The van der Waals surface area contributed by atoms with Crippen molar-refractivity contribution in [1.82, 2.24) is 24.5 Å². The van der Waals surface area contributed by atoms with Crippen molar-refractivity contribution in [1.29, 1.82) is 0 Å². The lowest BCUT2D eigenvalue weighted by atomic mass is 10.1. The van der Waals surface area contributed by atoms with Gasteiger partial charge in [0.1, 0.15) is 12.6 Å². The van der Waals surface area contributed by atoms with Crippen LogP contribution in [0.4, 0.5) is 0 Å². The molecule has 1 saturated heterocycles. The maximum atomic E-state index is 13.7. The molecule has 1 aromatic rings. The Morgan fingerprint density at radius 3 is 2.11 bits per heavy atom. The Morgan fingerprint density at radius 2 is 1.56 bits per heavy atom. The molecule has 13 nitrogen and oxygen atoms in total. The Kier molecular flexibility index (Phi) is 15.1. The molecule has 250 valence electrons. The summed E-state index contributed by atoms with van der Waals surface area (Å²) in [6.07, 6.45) is 1.43. The normalized spacial score (nSPS) is 15.2. The highest BCUT2D eigenvalue weighted by atomic mass is 16.2. The van der Waals surface area contributed by atoms with Crippen molar-refractivity contribution in [3.63, 3.8) is 0 Å². The second-order valence-corrected chi connectivity index (χ2v) is 12.3. The van der Waals surface area contributed by atoms with Crippen molar-refractivity contribution in [3.05, 3.63) is 35.9 Å². The molecule has 1 aliphatic rings. The van der Waals surface area contributed by atoms with E-state index in [9.17, 15) is 28.8 Å². The predicted octanol–water partition coefficient (Wildman–Crippen LogP) is 0.0628. The number of likely N-dealkylation sites (N-methyl/N-ethyl adjacent to an activating group) is 1. The lowest BCUT2D eigenvalue weighted by molar-refractivity contribution is -0.145. The largest absolute Gasteiger partial charge is 0.368 e. The van der Waals surface area contributed by atoms with E-state index < -0.39 is 23.9 Å². The van der Waals surface area contributed by atoms with Gasteiger partial charge in [-0.1, -0.05) is 44.2 Å². The first kappa shape index (κ1) is 37.3. The number of ketones is 1. The van der Waals surface area contributed by atoms with E-state index in [0.29, 0.717) is 32.4 Å². The Labute approximate surface area is 266 Å². The first-order valence-electron chi connectivity index (χ1n) is 15.6. The number of hydrogen-bond acceptors (Lipinski definition) is 8. The highest BCUT2D eigenvalue weighted by Crippen LogP contribution is 2.19. The van der Waals surface area contributed by atoms with Gasteiger partial charge in [0.15, 0.2) is 5.78 Å². The van der Waals surface area contributed by atoms with Crippen LogP contribution in [0.1, 0.15) is 52.0 Å². The van der Waals surface area contributed by atoms with Crippen molar-refractivity contribution in [2.75, 3.05) is 59.9 Å². The Balaban J connectivity index is 2.18. The van der Waals surface area contributed by atoms with Crippen molar-refractivity contribution in [2.24, 2.45) is 17.4 Å². The van der Waals surface area contributed by atoms with Gasteiger partial charge >= 0.3 is 0 Å². The van der Waals surface area contributed by atoms with Gasteiger partial charge in [0, 0.05) is 39.5 Å². The Morgan fingerprint density at radius 1 is 0.933 bits per heavy atom. The molecule has 0 bridgehead atoms. The van der Waals surface area contributed by atoms with Crippen molar-refractivity contribution in [2.45, 2.75) is 65.1 Å². The lowest BCUT2D eigenvalue weighted by Crippen LogP contribution is -2.52. The minimum absolute atomic E-state index is 0.0414. The van der Waals surface area contributed by atoms with E-state index >= 15 is 0 Å². The molecule has 0 aliphatic carbocycles. The average molecular weight is 630 g/mol. The summed E-state index contributed by atoms with van der Waals surface area (Å²) in [4.78, 5) is 85.3. The minimum Gasteiger partial charge on any atom is -0.368 e. The number of Topliss-reactive ketones (excluding diaryl/α,β-unsaturated/α-hetero) is 1. The van der Waals surface area contributed by atoms with Crippen LogP contribution in [0.2, 0.25) is 0 Å². The molecule has 2 unspecified atom stereocenters. The molecule has 0 saturated carbocycles. The van der Waals surface area contributed by atoms with Gasteiger partial charge in [-0.25, -0.2) is 0 Å². The lowest BCUT2D eigenvalue weighted by Gasteiger charge is -2.32. The van der Waals surface area contributed by atoms with Gasteiger partial charge in [-0.3, -0.25) is 33.7 Å². The van der Waals surface area contributed by atoms with Gasteiger partial charge in [0.25, 0.3) is 0 Å². The summed E-state index contributed by atoms with van der Waals surface area (Å²) in [6, 6.07) is 7.81. The fourth-order valence-electron chi connectivity index (χ4n) is 5.40. The van der Waals surface area contributed by atoms with Gasteiger partial charge in [0.05, 0.1) is 19.1 Å². The molecule has 0 spiro atoms. The molecule has 5 amide bonds. The molecule has 4 N–H and O–H groups in total. The van der Waals surface area contributed by atoms with Crippen LogP contribution >= 0.6 is 0 Å². The highest BCUT2D eigenvalue weighted by molar-refractivity contribution is 5.95. The summed E-state index contributed by atoms with van der Waals surface area (Å²) in [5, 5.41) is 0. The fraction of sp³-hybridized carbons (Fsp3) is 0.625. The van der Waals surface area contributed by atoms with Crippen LogP contribution in [0.15, 0.2) is 30.3 Å². The van der Waals surface area contributed by atoms with Gasteiger partial charge < -0.3 is 31.1 Å². The number of primary amides is 1. The summed E-state index contributed by atoms with van der Waals surface area (Å²) in [6.45, 7) is 5.94. The maximum absolute atomic E-state index is 13.7. The van der Waals surface area contributed by atoms with Crippen LogP contribution in [0.25, 0.3) is 0 Å². The molecule has 0 radical (unpaired) electrons. The van der Waals surface area contributed by atoms with Crippen LogP contribution in [0.3, 0.4) is 0 Å². The monoisotopic (exact) mass is 629 g/mol. The van der Waals surface area contributed by atoms with Gasteiger partial charge in [-0.05, 0) is 51.4 Å². The summed E-state index contributed by atoms with van der Waals surface area (Å²) in [5.74, 6) is -2.29. The second kappa shape index (κ2) is 18.2. The van der Waals surface area contributed by atoms with Crippen molar-refractivity contribution in [3.8, 4) is 0 Å². The summed E-state index contributed by atoms with van der Waals surface area (Å²) < 4.78 is 0. The molecule has 2 rings (SSSR count). The van der Waals surface area contributed by atoms with Crippen LogP contribution in [-0.4, -0.2) is 132 Å². The van der Waals surface area contributed by atoms with E-state index in [1.165, 1.54) is 26.5 Å². The second-order valence-electron chi connectivity index (χ2n) is 12.3. The van der Waals surface area contributed by atoms with Gasteiger partial charge in [0.2, 0.25) is 29.5 Å². The topological polar surface area (TPSA) is 171 Å². The molecule has 13 heteroatoms. The van der Waals surface area contributed by atoms with Crippen LogP contribution in [0, 0.1) is 5.92 Å². The minimum atomic E-state index is -0.838. The zero-order valence-electron chi connectivity index (χ0n) is 27.4. The number of carbonyl (C=O) groups excluding carboxylic acids is 6. The summed E-state index contributed by atoms with van der Waals surface area (Å²) in [5.41, 5.74) is 12.1. The number of carbonyl (C=O) groups is 6. The quantitative estimate of drug-likeness (QED) is 0.230. The SMILES string of the molecule is CC(=O)N(CC(=O)N(CC(=O)N(CCCN)CC(=O)C(CC(=O)N1CCCC1C(N)=O)N(C)C)CC(C)C)Cc1ccccc1. The van der Waals surface area contributed by atoms with E-state index in [2.05, 4.69) is 0 Å². The smallest absolute Gasteiger partial charge is 0.242 e. The van der Waals surface area contributed by atoms with Gasteiger partial charge in [-0.15, -0.1) is 0 Å². The van der Waals surface area contributed by atoms with Gasteiger partial charge in [-0.2, -0.15) is 0 Å². The first-order chi connectivity index (χ1) is 21.2. The van der Waals surface area contributed by atoms with Crippen LogP contribution in [0.5, 0.6) is 0 Å². The molecular weight excluding hydrogens is 578 g/mol. The zero-order valence-corrected chi connectivity index (χ0v) is 27.4. The van der Waals surface area contributed by atoms with E-state index in [1.54, 1.807) is 19.0 Å². The van der Waals surface area contributed by atoms with Crippen LogP contribution in [-0.2, 0) is 35.3 Å². The third-order valence-corrected chi connectivity index (χ3v) is 7.85. The molecule has 1 aromatic carbocycles. The molecule has 45 heavy (non-hydrogen) atoms. The Bertz CT molecular complexity index is 1180. The molecule has 0 aromatic heterocycles. The molecule has 1 fully saturated rings. The van der Waals surface area contributed by atoms with Crippen LogP contribution < -0.4 is 11.5 Å². The van der Waals surface area contributed by atoms with Crippen molar-refractivity contribution >= 4 is 35.3 Å². The Hall–Kier alpha value is -3.84. The summed E-state index contributed by atoms with van der Waals surface area (Å²) >= 11 is 0. The third-order valence-electron chi connectivity index (χ3n) is 7.85. The van der Waals surface area contributed by atoms with E-state index in [4.69, 9.17) is 11.5 Å². The molecule has 1 aliphatic heterocycles. The third kappa shape index (κ3) is 11.9. The molecular formula is C32H51N7O6. The van der Waals surface area contributed by atoms with E-state index in [-0.39, 0.29) is 75.1 Å². The number of rotatable bonds is 18. The average Bonchev–Trinajstić information content (AvgIpc) is 3.48. The number of benzene rings is 1. The first-order valence-corrected chi connectivity index (χ1v) is 15.6. The number of nitrogens with two attached hydrogens (primary N) is 2. The standard InChI is InChI=1S/C32H51N7O6/c1-23(2)18-38(31(44)21-37(24(3)40)19-25-11-7-6-8-12-25)22-30(43)36(15-10-14-33)20-28(41)27(35(4)5)17-29(42)39-16-9-13-26(39)32(34)45/h6-8,11-12,23,26-27H,9-10,13-22,33H2,1-5H3,(H2,34,45). The number of nitrogens with zero attached hydrogens (tertiary/aromatic N) is 5. The predicted molar refractivity (Wildman–Crippen MR) is 170 cm³/mol. The highest BCUT2D eigenvalue weighted by Gasteiger charge is 2.36.